The van der Waals surface area contributed by atoms with Gasteiger partial charge in [0, 0.05) is 35.6 Å². The third-order valence-electron chi connectivity index (χ3n) is 10.3. The van der Waals surface area contributed by atoms with Crippen LogP contribution >= 0.6 is 0 Å². The van der Waals surface area contributed by atoms with Crippen molar-refractivity contribution in [3.63, 3.8) is 0 Å². The highest BCUT2D eigenvalue weighted by molar-refractivity contribution is 6.31. The molecule has 0 aliphatic carbocycles. The van der Waals surface area contributed by atoms with Crippen LogP contribution in [-0.2, 0) is 25.6 Å². The summed E-state index contributed by atoms with van der Waals surface area (Å²) in [6.07, 6.45) is 4.80. The SMILES string of the molecule is CCC1=C(C)C2=C(C(=O)O)C3NC(C=c4[nH]c(c(CCC(=O)O)c4C)=CC4=NC(=C(C(=O)O)C1=N2)C(C)=C4CCC(=O)O)C(C)C3CC. The van der Waals surface area contributed by atoms with Crippen molar-refractivity contribution in [2.75, 3.05) is 0 Å². The monoisotopic (exact) mass is 658 g/mol. The number of aliphatic carboxylic acids is 4. The number of hydrogen-bond donors (Lipinski definition) is 6. The summed E-state index contributed by atoms with van der Waals surface area (Å²) in [4.78, 5) is 62.6. The fourth-order valence-corrected chi connectivity index (χ4v) is 7.70. The van der Waals surface area contributed by atoms with Gasteiger partial charge >= 0.3 is 23.9 Å². The number of carboxylic acid groups (broad SMARTS) is 4. The van der Waals surface area contributed by atoms with E-state index in [4.69, 9.17) is 9.98 Å². The molecule has 4 aliphatic heterocycles. The van der Waals surface area contributed by atoms with Crippen LogP contribution in [0.5, 0.6) is 0 Å². The lowest BCUT2D eigenvalue weighted by atomic mass is 9.82. The summed E-state index contributed by atoms with van der Waals surface area (Å²) in [5.41, 5.74) is 4.58. The third-order valence-corrected chi connectivity index (χ3v) is 10.3. The summed E-state index contributed by atoms with van der Waals surface area (Å²) in [5.74, 6) is -4.49. The van der Waals surface area contributed by atoms with Crippen molar-refractivity contribution in [1.82, 2.24) is 10.3 Å². The van der Waals surface area contributed by atoms with Crippen LogP contribution in [0.25, 0.3) is 12.2 Å². The molecule has 12 nitrogen and oxygen atoms in total. The number of H-pyrrole nitrogens is 1. The van der Waals surface area contributed by atoms with Crippen LogP contribution in [0, 0.1) is 18.8 Å². The van der Waals surface area contributed by atoms with Crippen molar-refractivity contribution >= 4 is 47.5 Å². The van der Waals surface area contributed by atoms with E-state index < -0.39 is 29.9 Å². The van der Waals surface area contributed by atoms with Crippen molar-refractivity contribution < 1.29 is 39.6 Å². The number of aromatic amines is 1. The molecule has 254 valence electrons. The van der Waals surface area contributed by atoms with Gasteiger partial charge in [-0.3, -0.25) is 9.59 Å². The number of hydrogen-bond acceptors (Lipinski definition) is 7. The molecular formula is C36H42N4O8. The van der Waals surface area contributed by atoms with Crippen LogP contribution in [0.2, 0.25) is 0 Å². The van der Waals surface area contributed by atoms with Crippen LogP contribution in [0.3, 0.4) is 0 Å². The molecule has 5 rings (SSSR count). The highest BCUT2D eigenvalue weighted by atomic mass is 16.4. The first-order chi connectivity index (χ1) is 22.7. The van der Waals surface area contributed by atoms with Gasteiger partial charge in [-0.15, -0.1) is 0 Å². The third kappa shape index (κ3) is 6.00. The summed E-state index contributed by atoms with van der Waals surface area (Å²) < 4.78 is 0. The molecule has 0 amide bonds. The van der Waals surface area contributed by atoms with Crippen LogP contribution in [0.4, 0.5) is 0 Å². The summed E-state index contributed by atoms with van der Waals surface area (Å²) in [7, 11) is 0. The number of carboxylic acids is 4. The van der Waals surface area contributed by atoms with Crippen molar-refractivity contribution in [2.45, 2.75) is 92.2 Å². The van der Waals surface area contributed by atoms with Crippen molar-refractivity contribution in [1.29, 1.82) is 0 Å². The van der Waals surface area contributed by atoms with Gasteiger partial charge < -0.3 is 30.7 Å². The van der Waals surface area contributed by atoms with E-state index in [1.54, 1.807) is 19.9 Å². The summed E-state index contributed by atoms with van der Waals surface area (Å²) in [6.45, 7) is 11.3. The predicted octanol–water partition coefficient (Wildman–Crippen LogP) is 3.41. The molecule has 1 fully saturated rings. The Morgan fingerprint density at radius 2 is 1.48 bits per heavy atom. The molecule has 4 atom stereocenters. The smallest absolute Gasteiger partial charge is 0.340 e. The van der Waals surface area contributed by atoms with Gasteiger partial charge in [-0.2, -0.15) is 0 Å². The number of nitrogens with zero attached hydrogens (tertiary/aromatic N) is 2. The molecule has 0 radical (unpaired) electrons. The molecule has 1 aromatic heterocycles. The molecule has 1 saturated heterocycles. The van der Waals surface area contributed by atoms with Crippen molar-refractivity contribution in [3.05, 3.63) is 66.7 Å². The number of fused-ring (bicyclic) bond motifs is 6. The Kier molecular flexibility index (Phi) is 9.59. The van der Waals surface area contributed by atoms with Crippen LogP contribution < -0.4 is 16.0 Å². The van der Waals surface area contributed by atoms with E-state index in [1.807, 2.05) is 26.8 Å². The van der Waals surface area contributed by atoms with E-state index in [0.29, 0.717) is 46.2 Å². The van der Waals surface area contributed by atoms with Crippen molar-refractivity contribution in [3.8, 4) is 0 Å². The van der Waals surface area contributed by atoms with Gasteiger partial charge in [-0.1, -0.05) is 27.2 Å². The molecule has 48 heavy (non-hydrogen) atoms. The molecule has 4 aliphatic rings. The Bertz CT molecular complexity index is 1950. The van der Waals surface area contributed by atoms with Crippen LogP contribution in [-0.4, -0.2) is 72.8 Å². The van der Waals surface area contributed by atoms with Crippen LogP contribution in [0.1, 0.15) is 77.8 Å². The van der Waals surface area contributed by atoms with Crippen molar-refractivity contribution in [2.24, 2.45) is 21.8 Å². The molecule has 4 unspecified atom stereocenters. The minimum Gasteiger partial charge on any atom is -0.481 e. The molecular weight excluding hydrogens is 616 g/mol. The lowest BCUT2D eigenvalue weighted by molar-refractivity contribution is -0.137. The van der Waals surface area contributed by atoms with Crippen LogP contribution in [0.15, 0.2) is 54.8 Å². The largest absolute Gasteiger partial charge is 0.481 e. The predicted molar refractivity (Wildman–Crippen MR) is 180 cm³/mol. The minimum atomic E-state index is -1.29. The number of rotatable bonds is 10. The second-order valence-electron chi connectivity index (χ2n) is 12.9. The first-order valence-electron chi connectivity index (χ1n) is 16.3. The average Bonchev–Trinajstić information content (AvgIpc) is 3.68. The van der Waals surface area contributed by atoms with E-state index in [-0.39, 0.29) is 71.8 Å². The molecule has 5 heterocycles. The minimum absolute atomic E-state index is 0.00769. The van der Waals surface area contributed by atoms with E-state index in [0.717, 1.165) is 16.5 Å². The highest BCUT2D eigenvalue weighted by Crippen LogP contribution is 2.41. The lowest BCUT2D eigenvalue weighted by Crippen LogP contribution is -2.36. The van der Waals surface area contributed by atoms with Gasteiger partial charge in [0.15, 0.2) is 0 Å². The van der Waals surface area contributed by atoms with Gasteiger partial charge in [0.2, 0.25) is 0 Å². The molecule has 0 spiro atoms. The fraction of sp³-hybridized carbons (Fsp3) is 0.444. The number of allylic oxidation sites excluding steroid dienone is 4. The van der Waals surface area contributed by atoms with Gasteiger partial charge in [-0.25, -0.2) is 19.6 Å². The lowest BCUT2D eigenvalue weighted by Gasteiger charge is -2.22. The molecule has 0 aromatic carbocycles. The fourth-order valence-electron chi connectivity index (χ4n) is 7.70. The Balaban J connectivity index is 1.94. The van der Waals surface area contributed by atoms with Gasteiger partial charge in [0.05, 0.1) is 28.4 Å². The average molecular weight is 659 g/mol. The molecule has 12 heteroatoms. The highest BCUT2D eigenvalue weighted by Gasteiger charge is 2.44. The van der Waals surface area contributed by atoms with E-state index in [9.17, 15) is 39.6 Å². The Hall–Kier alpha value is -4.84. The first kappa shape index (κ1) is 34.5. The zero-order valence-corrected chi connectivity index (χ0v) is 28.0. The number of nitrogens with one attached hydrogen (secondary N) is 2. The summed E-state index contributed by atoms with van der Waals surface area (Å²) in [6, 6.07) is -0.838. The topological polar surface area (TPSA) is 202 Å². The standard InChI is InChI=1S/C36H42N4O8/c1-7-19-15(3)24-13-23-16(4)21(9-11-27(41)42)25(37-23)14-26-22(10-12-28(43)44)18(6)31(39-26)29(35(45)46)34-20(8-2)17(5)32(40-34)30(36(47)48)33(19)38-24/h13-15,19,24,33,37-38H,7-12H2,1-6H3,(H,41,42)(H,43,44)(H,45,46)(H,47,48). The molecule has 8 bridgehead atoms. The van der Waals surface area contributed by atoms with Gasteiger partial charge in [0.1, 0.15) is 5.57 Å². The summed E-state index contributed by atoms with van der Waals surface area (Å²) >= 11 is 0. The summed E-state index contributed by atoms with van der Waals surface area (Å²) in [5, 5.41) is 45.4. The zero-order valence-electron chi connectivity index (χ0n) is 28.0. The second-order valence-corrected chi connectivity index (χ2v) is 12.9. The normalized spacial score (nSPS) is 23.7. The molecule has 1 aromatic rings. The Morgan fingerprint density at radius 1 is 0.833 bits per heavy atom. The maximum atomic E-state index is 13.1. The first-order valence-corrected chi connectivity index (χ1v) is 16.3. The molecule has 0 saturated carbocycles. The number of aliphatic imine (C=N–C) groups is 2. The van der Waals surface area contributed by atoms with Gasteiger partial charge in [0.25, 0.3) is 0 Å². The maximum absolute atomic E-state index is 13.1. The maximum Gasteiger partial charge on any atom is 0.340 e. The Morgan fingerprint density at radius 3 is 2.06 bits per heavy atom. The Labute approximate surface area is 277 Å². The second kappa shape index (κ2) is 13.3. The molecule has 6 N–H and O–H groups in total. The van der Waals surface area contributed by atoms with E-state index in [2.05, 4.69) is 17.2 Å². The quantitative estimate of drug-likeness (QED) is 0.218. The zero-order chi connectivity index (χ0) is 35.2. The number of aromatic nitrogens is 1. The van der Waals surface area contributed by atoms with Gasteiger partial charge in [-0.05, 0) is 97.4 Å². The number of carbonyl (C=O) groups is 4. The van der Waals surface area contributed by atoms with E-state index >= 15 is 0 Å². The van der Waals surface area contributed by atoms with E-state index in [1.165, 1.54) is 0 Å².